The van der Waals surface area contributed by atoms with Gasteiger partial charge >= 0.3 is 0 Å². The molecule has 0 aliphatic carbocycles. The molecule has 0 N–H and O–H groups in total. The Morgan fingerprint density at radius 1 is 0.909 bits per heavy atom. The molecule has 0 bridgehead atoms. The van der Waals surface area contributed by atoms with Crippen LogP contribution in [0.5, 0.6) is 5.75 Å². The first-order valence-corrected chi connectivity index (χ1v) is 4.05. The minimum atomic E-state index is -0.425. The number of benzene rings is 1. The van der Waals surface area contributed by atoms with Gasteiger partial charge in [0.15, 0.2) is 5.75 Å². The Hall–Kier alpha value is 0.180. The zero-order valence-corrected chi connectivity index (χ0v) is 8.02. The Balaban J connectivity index is 3.46. The highest BCUT2D eigenvalue weighted by atomic mass is 35.5. The third-order valence-electron chi connectivity index (χ3n) is 1.07. The molecule has 0 aliphatic heterocycles. The molecule has 5 heteroatoms. The molecule has 1 rings (SSSR count). The van der Waals surface area contributed by atoms with Crippen LogP contribution >= 0.6 is 46.4 Å². The highest BCUT2D eigenvalue weighted by molar-refractivity contribution is 6.52. The van der Waals surface area contributed by atoms with Gasteiger partial charge in [0.1, 0.15) is 5.02 Å². The lowest BCUT2D eigenvalue weighted by molar-refractivity contribution is 0.355. The highest BCUT2D eigenvalue weighted by Gasteiger charge is 2.13. The molecule has 1 aromatic rings. The maximum atomic E-state index is 10.9. The van der Waals surface area contributed by atoms with Crippen LogP contribution in [-0.4, -0.2) is 0 Å². The molecular formula is C6HCl4O. The first-order valence-electron chi connectivity index (χ1n) is 2.54. The van der Waals surface area contributed by atoms with E-state index in [2.05, 4.69) is 0 Å². The zero-order chi connectivity index (χ0) is 8.59. The van der Waals surface area contributed by atoms with Gasteiger partial charge in [-0.25, -0.2) is 0 Å². The van der Waals surface area contributed by atoms with Crippen LogP contribution in [0.4, 0.5) is 0 Å². The Bertz CT molecular complexity index is 271. The van der Waals surface area contributed by atoms with Crippen molar-refractivity contribution in [3.05, 3.63) is 26.2 Å². The lowest BCUT2D eigenvalue weighted by Gasteiger charge is -2.00. The summed E-state index contributed by atoms with van der Waals surface area (Å²) in [5.74, 6) is -0.425. The minimum Gasteiger partial charge on any atom is -0.288 e. The molecule has 0 saturated carbocycles. The summed E-state index contributed by atoms with van der Waals surface area (Å²) >= 11 is 22.1. The van der Waals surface area contributed by atoms with E-state index < -0.39 is 5.75 Å². The molecule has 1 aromatic carbocycles. The van der Waals surface area contributed by atoms with E-state index >= 15 is 0 Å². The summed E-state index contributed by atoms with van der Waals surface area (Å²) in [5.41, 5.74) is 0. The average Bonchev–Trinajstić information content (AvgIpc) is 1.97. The zero-order valence-electron chi connectivity index (χ0n) is 5.00. The van der Waals surface area contributed by atoms with Gasteiger partial charge in [0.05, 0.1) is 15.1 Å². The normalized spacial score (nSPS) is 10.2. The van der Waals surface area contributed by atoms with E-state index in [-0.39, 0.29) is 20.1 Å². The second-order valence-corrected chi connectivity index (χ2v) is 3.34. The second-order valence-electron chi connectivity index (χ2n) is 1.80. The maximum Gasteiger partial charge on any atom is 0.200 e. The summed E-state index contributed by atoms with van der Waals surface area (Å²) in [6, 6.07) is 1.12. The van der Waals surface area contributed by atoms with Gasteiger partial charge < -0.3 is 0 Å². The van der Waals surface area contributed by atoms with E-state index in [1.165, 1.54) is 0 Å². The third kappa shape index (κ3) is 1.67. The van der Waals surface area contributed by atoms with Crippen LogP contribution in [0, 0.1) is 0 Å². The molecule has 0 aromatic heterocycles. The quantitative estimate of drug-likeness (QED) is 0.464. The summed E-state index contributed by atoms with van der Waals surface area (Å²) in [7, 11) is 0. The Kier molecular flexibility index (Phi) is 2.76. The first kappa shape index (κ1) is 9.27. The molecule has 0 aliphatic rings. The minimum absolute atomic E-state index is 0.00540. The summed E-state index contributed by atoms with van der Waals surface area (Å²) < 4.78 is 0. The SMILES string of the molecule is [O]c1cc(Cl)c(Cl)c(Cl)c1Cl. The van der Waals surface area contributed by atoms with Gasteiger partial charge in [-0.15, -0.1) is 0 Å². The van der Waals surface area contributed by atoms with E-state index in [9.17, 15) is 5.11 Å². The smallest absolute Gasteiger partial charge is 0.200 e. The molecular weight excluding hydrogens is 230 g/mol. The molecule has 0 atom stereocenters. The molecule has 0 spiro atoms. The summed E-state index contributed by atoms with van der Waals surface area (Å²) in [4.78, 5) is 0. The van der Waals surface area contributed by atoms with E-state index in [0.717, 1.165) is 6.07 Å². The largest absolute Gasteiger partial charge is 0.288 e. The molecule has 0 unspecified atom stereocenters. The topological polar surface area (TPSA) is 19.9 Å². The lowest BCUT2D eigenvalue weighted by atomic mass is 10.3. The van der Waals surface area contributed by atoms with E-state index in [4.69, 9.17) is 46.4 Å². The maximum absolute atomic E-state index is 10.9. The molecule has 59 valence electrons. The second kappa shape index (κ2) is 3.28. The number of halogens is 4. The van der Waals surface area contributed by atoms with Gasteiger partial charge in [-0.2, -0.15) is 0 Å². The molecule has 0 heterocycles. The highest BCUT2D eigenvalue weighted by Crippen LogP contribution is 2.41. The van der Waals surface area contributed by atoms with Crippen LogP contribution in [0.3, 0.4) is 0 Å². The van der Waals surface area contributed by atoms with Crippen LogP contribution in [0.1, 0.15) is 0 Å². The van der Waals surface area contributed by atoms with Gasteiger partial charge in [0, 0.05) is 6.07 Å². The predicted molar refractivity (Wildman–Crippen MR) is 46.6 cm³/mol. The van der Waals surface area contributed by atoms with Crippen molar-refractivity contribution in [1.29, 1.82) is 0 Å². The van der Waals surface area contributed by atoms with Crippen LogP contribution in [0.2, 0.25) is 20.1 Å². The van der Waals surface area contributed by atoms with Crippen molar-refractivity contribution in [3.8, 4) is 5.75 Å². The molecule has 1 nitrogen and oxygen atoms in total. The average molecular weight is 231 g/mol. The third-order valence-corrected chi connectivity index (χ3v) is 2.80. The van der Waals surface area contributed by atoms with Gasteiger partial charge in [-0.3, -0.25) is 5.11 Å². The van der Waals surface area contributed by atoms with Gasteiger partial charge in [-0.05, 0) is 0 Å². The van der Waals surface area contributed by atoms with Crippen molar-refractivity contribution >= 4 is 46.4 Å². The van der Waals surface area contributed by atoms with Crippen molar-refractivity contribution in [3.63, 3.8) is 0 Å². The van der Waals surface area contributed by atoms with Gasteiger partial charge in [0.25, 0.3) is 0 Å². The van der Waals surface area contributed by atoms with E-state index in [1.807, 2.05) is 0 Å². The lowest BCUT2D eigenvalue weighted by Crippen LogP contribution is -1.74. The van der Waals surface area contributed by atoms with Crippen molar-refractivity contribution in [1.82, 2.24) is 0 Å². The summed E-state index contributed by atoms with van der Waals surface area (Å²) in [5, 5.41) is 11.0. The predicted octanol–water partition coefficient (Wildman–Crippen LogP) is 4.44. The Morgan fingerprint density at radius 2 is 1.45 bits per heavy atom. The van der Waals surface area contributed by atoms with Crippen LogP contribution in [0.15, 0.2) is 6.07 Å². The van der Waals surface area contributed by atoms with Gasteiger partial charge in [0.2, 0.25) is 0 Å². The number of rotatable bonds is 0. The van der Waals surface area contributed by atoms with Crippen molar-refractivity contribution in [2.24, 2.45) is 0 Å². The molecule has 0 fully saturated rings. The van der Waals surface area contributed by atoms with Crippen LogP contribution in [-0.2, 0) is 5.11 Å². The molecule has 0 saturated heterocycles. The Labute approximate surface area is 83.4 Å². The van der Waals surface area contributed by atoms with E-state index in [0.29, 0.717) is 0 Å². The van der Waals surface area contributed by atoms with Crippen molar-refractivity contribution < 1.29 is 5.11 Å². The van der Waals surface area contributed by atoms with Crippen molar-refractivity contribution in [2.45, 2.75) is 0 Å². The van der Waals surface area contributed by atoms with Gasteiger partial charge in [-0.1, -0.05) is 46.4 Å². The molecule has 1 radical (unpaired) electrons. The standard InChI is InChI=1S/C6HCl4O/c7-2-1-3(11)5(9)6(10)4(2)8/h1H. The van der Waals surface area contributed by atoms with Crippen molar-refractivity contribution in [2.75, 3.05) is 0 Å². The number of hydrogen-bond acceptors (Lipinski definition) is 0. The molecule has 0 amide bonds. The molecule has 11 heavy (non-hydrogen) atoms. The van der Waals surface area contributed by atoms with E-state index in [1.54, 1.807) is 0 Å². The van der Waals surface area contributed by atoms with Crippen LogP contribution in [0.25, 0.3) is 0 Å². The first-order chi connectivity index (χ1) is 5.04. The van der Waals surface area contributed by atoms with Crippen LogP contribution < -0.4 is 0 Å². The fraction of sp³-hybridized carbons (Fsp3) is 0. The summed E-state index contributed by atoms with van der Waals surface area (Å²) in [6.45, 7) is 0. The summed E-state index contributed by atoms with van der Waals surface area (Å²) in [6.07, 6.45) is 0. The fourth-order valence-electron chi connectivity index (χ4n) is 0.551. The fourth-order valence-corrected chi connectivity index (χ4v) is 1.33. The number of hydrogen-bond donors (Lipinski definition) is 0. The monoisotopic (exact) mass is 229 g/mol. The Morgan fingerprint density at radius 3 is 2.00 bits per heavy atom.